The number of nitrogens with two attached hydrogens (primary N) is 1. The summed E-state index contributed by atoms with van der Waals surface area (Å²) in [5.41, 5.74) is 6.34. The molecule has 1 aromatic carbocycles. The number of thiophene rings is 1. The van der Waals surface area contributed by atoms with E-state index >= 15 is 0 Å². The molecule has 1 amide bonds. The van der Waals surface area contributed by atoms with Crippen LogP contribution in [-0.2, 0) is 6.18 Å². The second-order valence-corrected chi connectivity index (χ2v) is 4.95. The van der Waals surface area contributed by atoms with Crippen LogP contribution in [0.3, 0.4) is 0 Å². The lowest BCUT2D eigenvalue weighted by molar-refractivity contribution is -0.137. The molecule has 1 aromatic heterocycles. The SMILES string of the molecule is CNC(=O)c1c(-c2ccc(C(F)(F)F)cc2)csc1N. The molecule has 3 nitrogen and oxygen atoms in total. The predicted molar refractivity (Wildman–Crippen MR) is 72.6 cm³/mol. The first kappa shape index (κ1) is 14.4. The van der Waals surface area contributed by atoms with E-state index in [0.29, 0.717) is 16.1 Å². The Hall–Kier alpha value is -2.02. The number of hydrogen-bond acceptors (Lipinski definition) is 3. The van der Waals surface area contributed by atoms with Gasteiger partial charge in [0.25, 0.3) is 5.91 Å². The molecule has 2 aromatic rings. The summed E-state index contributed by atoms with van der Waals surface area (Å²) in [6, 6.07) is 4.63. The van der Waals surface area contributed by atoms with Gasteiger partial charge in [-0.3, -0.25) is 4.79 Å². The van der Waals surface area contributed by atoms with Gasteiger partial charge in [0.2, 0.25) is 0 Å². The average molecular weight is 300 g/mol. The molecule has 2 rings (SSSR count). The van der Waals surface area contributed by atoms with Crippen molar-refractivity contribution in [3.8, 4) is 11.1 Å². The molecule has 0 atom stereocenters. The fraction of sp³-hybridized carbons (Fsp3) is 0.154. The fourth-order valence-electron chi connectivity index (χ4n) is 1.78. The number of nitrogens with one attached hydrogen (secondary N) is 1. The van der Waals surface area contributed by atoms with Crippen LogP contribution in [0.25, 0.3) is 11.1 Å². The number of hydrogen-bond donors (Lipinski definition) is 2. The van der Waals surface area contributed by atoms with Gasteiger partial charge in [0, 0.05) is 18.0 Å². The van der Waals surface area contributed by atoms with Gasteiger partial charge < -0.3 is 11.1 Å². The molecular formula is C13H11F3N2OS. The lowest BCUT2D eigenvalue weighted by Gasteiger charge is -2.08. The van der Waals surface area contributed by atoms with Crippen LogP contribution in [0.5, 0.6) is 0 Å². The third-order valence-corrected chi connectivity index (χ3v) is 3.61. The highest BCUT2D eigenvalue weighted by Crippen LogP contribution is 2.35. The third kappa shape index (κ3) is 2.62. The molecular weight excluding hydrogens is 289 g/mol. The van der Waals surface area contributed by atoms with E-state index in [2.05, 4.69) is 5.32 Å². The maximum atomic E-state index is 12.5. The lowest BCUT2D eigenvalue weighted by Crippen LogP contribution is -2.19. The highest BCUT2D eigenvalue weighted by Gasteiger charge is 2.30. The molecule has 0 saturated heterocycles. The first-order valence-corrected chi connectivity index (χ1v) is 6.49. The Bertz CT molecular complexity index is 632. The zero-order valence-corrected chi connectivity index (χ0v) is 11.2. The number of anilines is 1. The number of alkyl halides is 3. The minimum absolute atomic E-state index is 0.289. The maximum absolute atomic E-state index is 12.5. The largest absolute Gasteiger partial charge is 0.416 e. The number of nitrogen functional groups attached to an aromatic ring is 1. The first-order chi connectivity index (χ1) is 9.34. The van der Waals surface area contributed by atoms with Crippen molar-refractivity contribution in [3.63, 3.8) is 0 Å². The molecule has 0 aliphatic rings. The van der Waals surface area contributed by atoms with Gasteiger partial charge in [-0.2, -0.15) is 13.2 Å². The third-order valence-electron chi connectivity index (χ3n) is 2.80. The van der Waals surface area contributed by atoms with Gasteiger partial charge in [0.15, 0.2) is 0 Å². The van der Waals surface area contributed by atoms with Crippen molar-refractivity contribution >= 4 is 22.2 Å². The molecule has 0 radical (unpaired) electrons. The Labute approximate surface area is 117 Å². The lowest BCUT2D eigenvalue weighted by atomic mass is 10.0. The number of amides is 1. The van der Waals surface area contributed by atoms with Crippen LogP contribution in [0.15, 0.2) is 29.6 Å². The zero-order valence-electron chi connectivity index (χ0n) is 10.4. The molecule has 0 aliphatic carbocycles. The van der Waals surface area contributed by atoms with Gasteiger partial charge in [-0.05, 0) is 17.7 Å². The number of carbonyl (C=O) groups is 1. The number of benzene rings is 1. The van der Waals surface area contributed by atoms with Crippen LogP contribution in [0.2, 0.25) is 0 Å². The van der Waals surface area contributed by atoms with Crippen molar-refractivity contribution in [2.75, 3.05) is 12.8 Å². The van der Waals surface area contributed by atoms with Gasteiger partial charge in [0.1, 0.15) is 0 Å². The summed E-state index contributed by atoms with van der Waals surface area (Å²) in [6.07, 6.45) is -4.38. The molecule has 0 spiro atoms. The molecule has 0 fully saturated rings. The summed E-state index contributed by atoms with van der Waals surface area (Å²) in [5, 5.41) is 4.45. The van der Waals surface area contributed by atoms with Crippen molar-refractivity contribution in [1.82, 2.24) is 5.32 Å². The second-order valence-electron chi connectivity index (χ2n) is 4.04. The summed E-state index contributed by atoms with van der Waals surface area (Å²) in [6.45, 7) is 0. The molecule has 0 saturated carbocycles. The average Bonchev–Trinajstić information content (AvgIpc) is 2.79. The van der Waals surface area contributed by atoms with Gasteiger partial charge in [0.05, 0.1) is 16.1 Å². The Morgan fingerprint density at radius 1 is 1.25 bits per heavy atom. The molecule has 106 valence electrons. The molecule has 0 aliphatic heterocycles. The van der Waals surface area contributed by atoms with Crippen LogP contribution >= 0.6 is 11.3 Å². The van der Waals surface area contributed by atoms with E-state index in [-0.39, 0.29) is 11.5 Å². The predicted octanol–water partition coefficient (Wildman–Crippen LogP) is 3.38. The van der Waals surface area contributed by atoms with Crippen LogP contribution in [0, 0.1) is 0 Å². The summed E-state index contributed by atoms with van der Waals surface area (Å²) < 4.78 is 37.5. The standard InChI is InChI=1S/C13H11F3N2OS/c1-18-12(19)10-9(6-20-11(10)17)7-2-4-8(5-3-7)13(14,15)16/h2-6H,17H2,1H3,(H,18,19). The Morgan fingerprint density at radius 2 is 1.85 bits per heavy atom. The summed E-state index contributed by atoms with van der Waals surface area (Å²) in [7, 11) is 1.47. The van der Waals surface area contributed by atoms with E-state index in [1.165, 1.54) is 30.5 Å². The van der Waals surface area contributed by atoms with E-state index in [0.717, 1.165) is 12.1 Å². The highest BCUT2D eigenvalue weighted by molar-refractivity contribution is 7.15. The minimum atomic E-state index is -4.38. The minimum Gasteiger partial charge on any atom is -0.390 e. The van der Waals surface area contributed by atoms with Crippen LogP contribution in [0.4, 0.5) is 18.2 Å². The van der Waals surface area contributed by atoms with Crippen molar-refractivity contribution < 1.29 is 18.0 Å². The quantitative estimate of drug-likeness (QED) is 0.893. The monoisotopic (exact) mass is 300 g/mol. The molecule has 0 bridgehead atoms. The van der Waals surface area contributed by atoms with E-state index < -0.39 is 11.7 Å². The number of halogens is 3. The fourth-order valence-corrected chi connectivity index (χ4v) is 2.60. The Balaban J connectivity index is 2.45. The Kier molecular flexibility index (Phi) is 3.71. The molecule has 7 heteroatoms. The van der Waals surface area contributed by atoms with Crippen molar-refractivity contribution in [2.45, 2.75) is 6.18 Å². The molecule has 1 heterocycles. The Morgan fingerprint density at radius 3 is 2.35 bits per heavy atom. The topological polar surface area (TPSA) is 55.1 Å². The molecule has 3 N–H and O–H groups in total. The normalized spacial score (nSPS) is 11.4. The number of carbonyl (C=O) groups excluding carboxylic acids is 1. The van der Waals surface area contributed by atoms with E-state index in [1.807, 2.05) is 0 Å². The van der Waals surface area contributed by atoms with Gasteiger partial charge in [-0.15, -0.1) is 11.3 Å². The van der Waals surface area contributed by atoms with Crippen molar-refractivity contribution in [2.24, 2.45) is 0 Å². The summed E-state index contributed by atoms with van der Waals surface area (Å²) in [4.78, 5) is 11.8. The van der Waals surface area contributed by atoms with E-state index in [1.54, 1.807) is 5.38 Å². The van der Waals surface area contributed by atoms with E-state index in [9.17, 15) is 18.0 Å². The van der Waals surface area contributed by atoms with E-state index in [4.69, 9.17) is 5.73 Å². The van der Waals surface area contributed by atoms with Crippen molar-refractivity contribution in [1.29, 1.82) is 0 Å². The summed E-state index contributed by atoms with van der Waals surface area (Å²) in [5.74, 6) is -0.362. The second kappa shape index (κ2) is 5.16. The van der Waals surface area contributed by atoms with Gasteiger partial charge in [-0.1, -0.05) is 12.1 Å². The smallest absolute Gasteiger partial charge is 0.390 e. The van der Waals surface area contributed by atoms with Crippen molar-refractivity contribution in [3.05, 3.63) is 40.8 Å². The number of rotatable bonds is 2. The highest BCUT2D eigenvalue weighted by atomic mass is 32.1. The van der Waals surface area contributed by atoms with Crippen LogP contribution < -0.4 is 11.1 Å². The maximum Gasteiger partial charge on any atom is 0.416 e. The molecule has 20 heavy (non-hydrogen) atoms. The van der Waals surface area contributed by atoms with Crippen LogP contribution in [-0.4, -0.2) is 13.0 Å². The first-order valence-electron chi connectivity index (χ1n) is 5.61. The van der Waals surface area contributed by atoms with Gasteiger partial charge >= 0.3 is 6.18 Å². The zero-order chi connectivity index (χ0) is 14.9. The molecule has 0 unspecified atom stereocenters. The van der Waals surface area contributed by atoms with Gasteiger partial charge in [-0.25, -0.2) is 0 Å². The van der Waals surface area contributed by atoms with Crippen LogP contribution in [0.1, 0.15) is 15.9 Å². The summed E-state index contributed by atoms with van der Waals surface area (Å²) >= 11 is 1.17.